The van der Waals surface area contributed by atoms with Crippen molar-refractivity contribution in [3.05, 3.63) is 35.5 Å². The van der Waals surface area contributed by atoms with E-state index in [-0.39, 0.29) is 0 Å². The molecule has 0 saturated heterocycles. The molecule has 0 atom stereocenters. The molecule has 0 N–H and O–H groups in total. The molecule has 0 saturated carbocycles. The van der Waals surface area contributed by atoms with E-state index in [0.717, 1.165) is 21.6 Å². The van der Waals surface area contributed by atoms with Crippen molar-refractivity contribution in [1.29, 1.82) is 0 Å². The van der Waals surface area contributed by atoms with E-state index in [1.807, 2.05) is 38.4 Å². The van der Waals surface area contributed by atoms with Crippen LogP contribution >= 0.6 is 11.6 Å². The summed E-state index contributed by atoms with van der Waals surface area (Å²) in [6, 6.07) is 7.76. The lowest BCUT2D eigenvalue weighted by atomic mass is 10.2. The average Bonchev–Trinajstić information content (AvgIpc) is 2.16. The molecule has 14 heavy (non-hydrogen) atoms. The lowest BCUT2D eigenvalue weighted by Gasteiger charge is -2.14. The monoisotopic (exact) mass is 206 g/mol. The number of aromatic nitrogens is 1. The van der Waals surface area contributed by atoms with Gasteiger partial charge in [0, 0.05) is 36.4 Å². The standard InChI is InChI=1S/C11H11ClN2/c1-14(2)11-5-6-13-10-7-8(12)3-4-9(10)11/h3-7H,1-2H3. The van der Waals surface area contributed by atoms with E-state index < -0.39 is 0 Å². The zero-order valence-corrected chi connectivity index (χ0v) is 8.92. The number of hydrogen-bond donors (Lipinski definition) is 0. The Labute approximate surface area is 88.1 Å². The minimum absolute atomic E-state index is 0.723. The topological polar surface area (TPSA) is 16.1 Å². The fourth-order valence-electron chi connectivity index (χ4n) is 1.50. The molecule has 2 rings (SSSR count). The Morgan fingerprint density at radius 3 is 2.71 bits per heavy atom. The van der Waals surface area contributed by atoms with Crippen LogP contribution in [0.2, 0.25) is 5.02 Å². The zero-order chi connectivity index (χ0) is 10.1. The van der Waals surface area contributed by atoms with Crippen molar-refractivity contribution in [3.63, 3.8) is 0 Å². The van der Waals surface area contributed by atoms with Gasteiger partial charge in [0.25, 0.3) is 0 Å². The van der Waals surface area contributed by atoms with Gasteiger partial charge in [-0.05, 0) is 24.3 Å². The van der Waals surface area contributed by atoms with Gasteiger partial charge in [-0.3, -0.25) is 4.98 Å². The summed E-state index contributed by atoms with van der Waals surface area (Å²) in [7, 11) is 4.03. The highest BCUT2D eigenvalue weighted by Crippen LogP contribution is 2.25. The summed E-state index contributed by atoms with van der Waals surface area (Å²) in [6.45, 7) is 0. The number of rotatable bonds is 1. The number of halogens is 1. The average molecular weight is 207 g/mol. The number of benzene rings is 1. The van der Waals surface area contributed by atoms with Crippen molar-refractivity contribution in [3.8, 4) is 0 Å². The summed E-state index contributed by atoms with van der Waals surface area (Å²) in [5, 5.41) is 1.85. The molecule has 0 fully saturated rings. The van der Waals surface area contributed by atoms with Crippen LogP contribution < -0.4 is 4.90 Å². The fraction of sp³-hybridized carbons (Fsp3) is 0.182. The molecule has 2 nitrogen and oxygen atoms in total. The third-order valence-electron chi connectivity index (χ3n) is 2.16. The molecule has 1 aromatic heterocycles. The van der Waals surface area contributed by atoms with E-state index in [2.05, 4.69) is 9.88 Å². The molecule has 0 radical (unpaired) electrons. The Morgan fingerprint density at radius 2 is 2.00 bits per heavy atom. The normalized spacial score (nSPS) is 10.5. The molecule has 0 bridgehead atoms. The van der Waals surface area contributed by atoms with E-state index in [1.54, 1.807) is 6.20 Å². The first-order valence-electron chi connectivity index (χ1n) is 4.40. The fourth-order valence-corrected chi connectivity index (χ4v) is 1.66. The predicted octanol–water partition coefficient (Wildman–Crippen LogP) is 2.95. The second-order valence-corrected chi connectivity index (χ2v) is 3.82. The lowest BCUT2D eigenvalue weighted by molar-refractivity contribution is 1.14. The zero-order valence-electron chi connectivity index (χ0n) is 8.16. The number of nitrogens with zero attached hydrogens (tertiary/aromatic N) is 2. The second-order valence-electron chi connectivity index (χ2n) is 3.39. The van der Waals surface area contributed by atoms with Gasteiger partial charge >= 0.3 is 0 Å². The van der Waals surface area contributed by atoms with Gasteiger partial charge in [0.05, 0.1) is 5.52 Å². The molecule has 0 spiro atoms. The van der Waals surface area contributed by atoms with E-state index in [9.17, 15) is 0 Å². The number of fused-ring (bicyclic) bond motifs is 1. The first-order valence-corrected chi connectivity index (χ1v) is 4.78. The molecule has 1 aromatic carbocycles. The molecule has 0 amide bonds. The number of anilines is 1. The van der Waals surface area contributed by atoms with Crippen LogP contribution in [0.1, 0.15) is 0 Å². The summed E-state index contributed by atoms with van der Waals surface area (Å²) in [5.74, 6) is 0. The van der Waals surface area contributed by atoms with Gasteiger partial charge in [0.2, 0.25) is 0 Å². The van der Waals surface area contributed by atoms with Gasteiger partial charge in [-0.15, -0.1) is 0 Å². The van der Waals surface area contributed by atoms with Gasteiger partial charge in [-0.2, -0.15) is 0 Å². The first-order chi connectivity index (χ1) is 6.68. The van der Waals surface area contributed by atoms with Crippen molar-refractivity contribution < 1.29 is 0 Å². The maximum Gasteiger partial charge on any atom is 0.0737 e. The molecule has 0 aliphatic carbocycles. The van der Waals surface area contributed by atoms with Crippen LogP contribution in [-0.2, 0) is 0 Å². The SMILES string of the molecule is CN(C)c1ccnc2cc(Cl)ccc12. The van der Waals surface area contributed by atoms with E-state index in [4.69, 9.17) is 11.6 Å². The van der Waals surface area contributed by atoms with Crippen LogP contribution in [0.25, 0.3) is 10.9 Å². The highest BCUT2D eigenvalue weighted by Gasteiger charge is 2.03. The van der Waals surface area contributed by atoms with Crippen LogP contribution in [0.4, 0.5) is 5.69 Å². The van der Waals surface area contributed by atoms with Gasteiger partial charge in [0.15, 0.2) is 0 Å². The second kappa shape index (κ2) is 3.46. The Kier molecular flexibility index (Phi) is 2.30. The van der Waals surface area contributed by atoms with Crippen molar-refractivity contribution in [2.75, 3.05) is 19.0 Å². The molecule has 3 heteroatoms. The van der Waals surface area contributed by atoms with Gasteiger partial charge < -0.3 is 4.90 Å². The van der Waals surface area contributed by atoms with Crippen LogP contribution in [0.5, 0.6) is 0 Å². The minimum Gasteiger partial charge on any atom is -0.377 e. The molecule has 0 unspecified atom stereocenters. The molecular weight excluding hydrogens is 196 g/mol. The Balaban J connectivity index is 2.75. The van der Waals surface area contributed by atoms with Gasteiger partial charge in [-0.25, -0.2) is 0 Å². The van der Waals surface area contributed by atoms with Crippen molar-refractivity contribution in [1.82, 2.24) is 4.98 Å². The highest BCUT2D eigenvalue weighted by atomic mass is 35.5. The van der Waals surface area contributed by atoms with E-state index in [0.29, 0.717) is 0 Å². The van der Waals surface area contributed by atoms with E-state index >= 15 is 0 Å². The first kappa shape index (κ1) is 9.28. The molecule has 2 aromatic rings. The van der Waals surface area contributed by atoms with E-state index in [1.165, 1.54) is 0 Å². The van der Waals surface area contributed by atoms with Crippen LogP contribution in [0, 0.1) is 0 Å². The highest BCUT2D eigenvalue weighted by molar-refractivity contribution is 6.31. The number of pyridine rings is 1. The van der Waals surface area contributed by atoms with Crippen LogP contribution in [-0.4, -0.2) is 19.1 Å². The summed E-state index contributed by atoms with van der Waals surface area (Å²) in [4.78, 5) is 6.34. The van der Waals surface area contributed by atoms with Crippen molar-refractivity contribution in [2.45, 2.75) is 0 Å². The minimum atomic E-state index is 0.723. The van der Waals surface area contributed by atoms with Crippen molar-refractivity contribution >= 4 is 28.2 Å². The third-order valence-corrected chi connectivity index (χ3v) is 2.40. The molecule has 1 heterocycles. The number of hydrogen-bond acceptors (Lipinski definition) is 2. The predicted molar refractivity (Wildman–Crippen MR) is 61.1 cm³/mol. The summed E-state index contributed by atoms with van der Waals surface area (Å²) < 4.78 is 0. The van der Waals surface area contributed by atoms with Gasteiger partial charge in [0.1, 0.15) is 0 Å². The third kappa shape index (κ3) is 1.53. The summed E-state index contributed by atoms with van der Waals surface area (Å²) in [5.41, 5.74) is 2.09. The molecule has 0 aliphatic rings. The van der Waals surface area contributed by atoms with Crippen LogP contribution in [0.3, 0.4) is 0 Å². The quantitative estimate of drug-likeness (QED) is 0.713. The largest absolute Gasteiger partial charge is 0.377 e. The van der Waals surface area contributed by atoms with Crippen LogP contribution in [0.15, 0.2) is 30.5 Å². The Bertz CT molecular complexity index is 466. The maximum atomic E-state index is 5.90. The van der Waals surface area contributed by atoms with Gasteiger partial charge in [-0.1, -0.05) is 11.6 Å². The smallest absolute Gasteiger partial charge is 0.0737 e. The lowest BCUT2D eigenvalue weighted by Crippen LogP contribution is -2.09. The molecular formula is C11H11ClN2. The molecule has 0 aliphatic heterocycles. The maximum absolute atomic E-state index is 5.90. The summed E-state index contributed by atoms with van der Waals surface area (Å²) >= 11 is 5.90. The Morgan fingerprint density at radius 1 is 1.21 bits per heavy atom. The summed E-state index contributed by atoms with van der Waals surface area (Å²) in [6.07, 6.45) is 1.80. The van der Waals surface area contributed by atoms with Crippen molar-refractivity contribution in [2.24, 2.45) is 0 Å². The molecule has 72 valence electrons. The Hall–Kier alpha value is -1.28.